The third-order valence-corrected chi connectivity index (χ3v) is 3.91. The zero-order valence-corrected chi connectivity index (χ0v) is 13.1. The Morgan fingerprint density at radius 2 is 2.00 bits per heavy atom. The van der Waals surface area contributed by atoms with Gasteiger partial charge in [-0.15, -0.1) is 6.58 Å². The second-order valence-electron chi connectivity index (χ2n) is 5.24. The highest BCUT2D eigenvalue weighted by Crippen LogP contribution is 2.37. The van der Waals surface area contributed by atoms with Gasteiger partial charge in [0.1, 0.15) is 11.5 Å². The van der Waals surface area contributed by atoms with Gasteiger partial charge in [0.2, 0.25) is 0 Å². The minimum absolute atomic E-state index is 0.113. The van der Waals surface area contributed by atoms with Crippen LogP contribution in [0.4, 0.5) is 0 Å². The molecule has 2 unspecified atom stereocenters. The molecule has 20 heavy (non-hydrogen) atoms. The van der Waals surface area contributed by atoms with Crippen LogP contribution in [-0.4, -0.2) is 39.3 Å². The highest BCUT2D eigenvalue weighted by molar-refractivity contribution is 5.45. The van der Waals surface area contributed by atoms with Gasteiger partial charge in [0.05, 0.1) is 19.8 Å². The topological polar surface area (TPSA) is 47.7 Å². The highest BCUT2D eigenvalue weighted by atomic mass is 16.5. The molecule has 0 saturated carbocycles. The number of methoxy groups -OCH3 is 2. The van der Waals surface area contributed by atoms with Gasteiger partial charge < -0.3 is 20.1 Å². The summed E-state index contributed by atoms with van der Waals surface area (Å²) in [4.78, 5) is 2.10. The Labute approximate surface area is 122 Å². The third kappa shape index (κ3) is 3.14. The van der Waals surface area contributed by atoms with Gasteiger partial charge in [-0.1, -0.05) is 6.08 Å². The van der Waals surface area contributed by atoms with Gasteiger partial charge in [-0.05, 0) is 45.6 Å². The Morgan fingerprint density at radius 1 is 1.35 bits per heavy atom. The SMILES string of the molecule is C=CCC(N)(c1cc(OC)ccc1OC)C(C)N(C)C. The van der Waals surface area contributed by atoms with Gasteiger partial charge in [-0.3, -0.25) is 0 Å². The van der Waals surface area contributed by atoms with Crippen LogP contribution in [0.25, 0.3) is 0 Å². The van der Waals surface area contributed by atoms with Crippen molar-refractivity contribution in [1.82, 2.24) is 4.90 Å². The van der Waals surface area contributed by atoms with Gasteiger partial charge in [0.15, 0.2) is 0 Å². The first-order valence-corrected chi connectivity index (χ1v) is 6.69. The molecule has 112 valence electrons. The average molecular weight is 278 g/mol. The zero-order chi connectivity index (χ0) is 15.3. The molecule has 1 aromatic rings. The Morgan fingerprint density at radius 3 is 2.45 bits per heavy atom. The Kier molecular flexibility index (Phi) is 5.60. The van der Waals surface area contributed by atoms with E-state index in [4.69, 9.17) is 15.2 Å². The summed E-state index contributed by atoms with van der Waals surface area (Å²) in [6.45, 7) is 5.94. The number of benzene rings is 1. The van der Waals surface area contributed by atoms with E-state index in [-0.39, 0.29) is 6.04 Å². The number of hydrogen-bond donors (Lipinski definition) is 1. The molecule has 1 aromatic carbocycles. The third-order valence-electron chi connectivity index (χ3n) is 3.91. The minimum Gasteiger partial charge on any atom is -0.497 e. The van der Waals surface area contributed by atoms with Crippen LogP contribution in [-0.2, 0) is 5.54 Å². The van der Waals surface area contributed by atoms with Crippen LogP contribution in [0.1, 0.15) is 18.9 Å². The second-order valence-corrected chi connectivity index (χ2v) is 5.24. The molecule has 0 aliphatic heterocycles. The van der Waals surface area contributed by atoms with Crippen LogP contribution in [0.2, 0.25) is 0 Å². The molecular formula is C16H26N2O2. The quantitative estimate of drug-likeness (QED) is 0.778. The van der Waals surface area contributed by atoms with E-state index in [1.54, 1.807) is 14.2 Å². The van der Waals surface area contributed by atoms with Crippen molar-refractivity contribution in [3.8, 4) is 11.5 Å². The van der Waals surface area contributed by atoms with Crippen molar-refractivity contribution in [3.05, 3.63) is 36.4 Å². The van der Waals surface area contributed by atoms with E-state index >= 15 is 0 Å². The molecule has 0 fully saturated rings. The van der Waals surface area contributed by atoms with E-state index in [1.165, 1.54) is 0 Å². The van der Waals surface area contributed by atoms with Crippen molar-refractivity contribution in [2.45, 2.75) is 24.9 Å². The predicted molar refractivity (Wildman–Crippen MR) is 83.4 cm³/mol. The first-order valence-electron chi connectivity index (χ1n) is 6.69. The smallest absolute Gasteiger partial charge is 0.124 e. The van der Waals surface area contributed by atoms with Gasteiger partial charge in [0.25, 0.3) is 0 Å². The number of hydrogen-bond acceptors (Lipinski definition) is 4. The molecule has 2 N–H and O–H groups in total. The van der Waals surface area contributed by atoms with Crippen molar-refractivity contribution in [3.63, 3.8) is 0 Å². The molecule has 0 spiro atoms. The number of ether oxygens (including phenoxy) is 2. The molecule has 0 aliphatic rings. The van der Waals surface area contributed by atoms with Crippen molar-refractivity contribution < 1.29 is 9.47 Å². The van der Waals surface area contributed by atoms with Crippen LogP contribution >= 0.6 is 0 Å². The first kappa shape index (κ1) is 16.5. The van der Waals surface area contributed by atoms with Gasteiger partial charge in [-0.2, -0.15) is 0 Å². The molecular weight excluding hydrogens is 252 g/mol. The summed E-state index contributed by atoms with van der Waals surface area (Å²) in [5.74, 6) is 1.54. The Bertz CT molecular complexity index is 460. The molecule has 4 heteroatoms. The molecule has 0 heterocycles. The van der Waals surface area contributed by atoms with Gasteiger partial charge in [-0.25, -0.2) is 0 Å². The minimum atomic E-state index is -0.592. The van der Waals surface area contributed by atoms with Crippen molar-refractivity contribution >= 4 is 0 Å². The van der Waals surface area contributed by atoms with Crippen molar-refractivity contribution in [1.29, 1.82) is 0 Å². The van der Waals surface area contributed by atoms with Crippen LogP contribution in [0.15, 0.2) is 30.9 Å². The highest BCUT2D eigenvalue weighted by Gasteiger charge is 2.36. The number of likely N-dealkylation sites (N-methyl/N-ethyl adjacent to an activating group) is 1. The summed E-state index contributed by atoms with van der Waals surface area (Å²) in [7, 11) is 7.33. The number of nitrogens with two attached hydrogens (primary N) is 1. The van der Waals surface area contributed by atoms with Gasteiger partial charge in [0, 0.05) is 11.6 Å². The van der Waals surface area contributed by atoms with Crippen LogP contribution in [0.3, 0.4) is 0 Å². The van der Waals surface area contributed by atoms with Crippen molar-refractivity contribution in [2.75, 3.05) is 28.3 Å². The van der Waals surface area contributed by atoms with Crippen molar-refractivity contribution in [2.24, 2.45) is 5.73 Å². The molecule has 0 bridgehead atoms. The molecule has 2 atom stereocenters. The van der Waals surface area contributed by atoms with Gasteiger partial charge >= 0.3 is 0 Å². The van der Waals surface area contributed by atoms with E-state index in [0.717, 1.165) is 17.1 Å². The summed E-state index contributed by atoms with van der Waals surface area (Å²) >= 11 is 0. The second kappa shape index (κ2) is 6.77. The number of rotatable bonds is 7. The fourth-order valence-electron chi connectivity index (χ4n) is 2.38. The Balaban J connectivity index is 3.43. The molecule has 0 aromatic heterocycles. The van der Waals surface area contributed by atoms with E-state index in [2.05, 4.69) is 18.4 Å². The molecule has 4 nitrogen and oxygen atoms in total. The van der Waals surface area contributed by atoms with E-state index in [0.29, 0.717) is 6.42 Å². The molecule has 0 amide bonds. The molecule has 0 radical (unpaired) electrons. The zero-order valence-electron chi connectivity index (χ0n) is 13.1. The maximum atomic E-state index is 6.73. The van der Waals surface area contributed by atoms with Crippen LogP contribution in [0.5, 0.6) is 11.5 Å². The monoisotopic (exact) mass is 278 g/mol. The van der Waals surface area contributed by atoms with E-state index in [9.17, 15) is 0 Å². The summed E-state index contributed by atoms with van der Waals surface area (Å²) in [6.07, 6.45) is 2.49. The lowest BCUT2D eigenvalue weighted by molar-refractivity contribution is 0.189. The lowest BCUT2D eigenvalue weighted by atomic mass is 9.80. The predicted octanol–water partition coefficient (Wildman–Crippen LogP) is 2.38. The lowest BCUT2D eigenvalue weighted by Gasteiger charge is -2.39. The summed E-state index contributed by atoms with van der Waals surface area (Å²) in [5, 5.41) is 0. The summed E-state index contributed by atoms with van der Waals surface area (Å²) < 4.78 is 10.8. The molecule has 1 rings (SSSR count). The fraction of sp³-hybridized carbons (Fsp3) is 0.500. The van der Waals surface area contributed by atoms with E-state index < -0.39 is 5.54 Å². The number of nitrogens with zero attached hydrogens (tertiary/aromatic N) is 1. The lowest BCUT2D eigenvalue weighted by Crippen LogP contribution is -2.52. The average Bonchev–Trinajstić information content (AvgIpc) is 2.45. The largest absolute Gasteiger partial charge is 0.497 e. The summed E-state index contributed by atoms with van der Waals surface area (Å²) in [6, 6.07) is 5.82. The maximum Gasteiger partial charge on any atom is 0.124 e. The normalized spacial score (nSPS) is 15.6. The van der Waals surface area contributed by atoms with Crippen LogP contribution in [0, 0.1) is 0 Å². The molecule has 0 aliphatic carbocycles. The fourth-order valence-corrected chi connectivity index (χ4v) is 2.38. The first-order chi connectivity index (χ1) is 9.40. The van der Waals surface area contributed by atoms with E-state index in [1.807, 2.05) is 38.4 Å². The standard InChI is InChI=1S/C16H26N2O2/c1-7-10-16(17,12(2)18(3)4)14-11-13(19-5)8-9-15(14)20-6/h7-9,11-12H,1,10,17H2,2-6H3. The Hall–Kier alpha value is -1.52. The van der Waals surface area contributed by atoms with Crippen LogP contribution < -0.4 is 15.2 Å². The maximum absolute atomic E-state index is 6.73. The summed E-state index contributed by atoms with van der Waals surface area (Å²) in [5.41, 5.74) is 7.06. The molecule has 0 saturated heterocycles.